The van der Waals surface area contributed by atoms with E-state index in [1.165, 1.54) is 122 Å². The van der Waals surface area contributed by atoms with Gasteiger partial charge in [-0.3, -0.25) is 14.2 Å². The van der Waals surface area contributed by atoms with Gasteiger partial charge < -0.3 is 28.5 Å². The lowest BCUT2D eigenvalue weighted by Crippen LogP contribution is -2.47. The number of hydrogen-bond acceptors (Lipinski definition) is 7. The first-order chi connectivity index (χ1) is 35.9. The van der Waals surface area contributed by atoms with Crippen molar-refractivity contribution >= 4 is 19.7 Å². The number of unbranched alkanes of at least 4 members (excludes halogenated alkanes) is 29. The van der Waals surface area contributed by atoms with Crippen LogP contribution in [0.5, 0.6) is 0 Å². The second-order valence-electron chi connectivity index (χ2n) is 21.8. The summed E-state index contributed by atoms with van der Waals surface area (Å²) in [6, 6.07) is -0.902. The molecule has 0 aromatic carbocycles. The number of esters is 1. The molecule has 9 nitrogen and oxygen atoms in total. The number of phosphoric acid groups is 1. The molecular formula is C64H117N2O7P. The van der Waals surface area contributed by atoms with Crippen molar-refractivity contribution in [1.29, 1.82) is 0 Å². The molecule has 1 N–H and O–H groups in total. The lowest BCUT2D eigenvalue weighted by Gasteiger charge is -2.30. The molecule has 430 valence electrons. The van der Waals surface area contributed by atoms with E-state index in [2.05, 4.69) is 86.8 Å². The van der Waals surface area contributed by atoms with Crippen LogP contribution in [0, 0.1) is 0 Å². The molecule has 0 radical (unpaired) electrons. The highest BCUT2D eigenvalue weighted by molar-refractivity contribution is 7.45. The molecule has 0 aliphatic carbocycles. The van der Waals surface area contributed by atoms with E-state index in [1.54, 1.807) is 0 Å². The minimum Gasteiger partial charge on any atom is -0.756 e. The van der Waals surface area contributed by atoms with Gasteiger partial charge in [0.2, 0.25) is 5.91 Å². The minimum atomic E-state index is -4.70. The Labute approximate surface area is 457 Å². The summed E-state index contributed by atoms with van der Waals surface area (Å²) in [7, 11) is 1.16. The first-order valence-electron chi connectivity index (χ1n) is 30.7. The van der Waals surface area contributed by atoms with E-state index in [-0.39, 0.29) is 24.9 Å². The van der Waals surface area contributed by atoms with Gasteiger partial charge in [0.15, 0.2) is 0 Å². The molecule has 0 bridgehead atoms. The van der Waals surface area contributed by atoms with E-state index in [0.29, 0.717) is 23.9 Å². The Hall–Kier alpha value is -2.55. The maximum atomic E-state index is 13.5. The van der Waals surface area contributed by atoms with Crippen LogP contribution in [0.4, 0.5) is 0 Å². The summed E-state index contributed by atoms with van der Waals surface area (Å²) >= 11 is 0. The summed E-state index contributed by atoms with van der Waals surface area (Å²) in [5.74, 6) is -0.571. The van der Waals surface area contributed by atoms with Crippen LogP contribution in [-0.2, 0) is 27.9 Å². The van der Waals surface area contributed by atoms with Crippen LogP contribution in [0.15, 0.2) is 72.9 Å². The van der Waals surface area contributed by atoms with E-state index < -0.39 is 26.6 Å². The summed E-state index contributed by atoms with van der Waals surface area (Å²) in [6.45, 7) is 6.79. The molecule has 0 saturated carbocycles. The van der Waals surface area contributed by atoms with Gasteiger partial charge in [-0.2, -0.15) is 0 Å². The molecule has 0 aromatic heterocycles. The maximum absolute atomic E-state index is 13.5. The zero-order chi connectivity index (χ0) is 54.3. The van der Waals surface area contributed by atoms with Gasteiger partial charge in [0.25, 0.3) is 7.82 Å². The lowest BCUT2D eigenvalue weighted by molar-refractivity contribution is -0.870. The standard InChI is InChI=1S/C64H117N2O7P/c1-7-10-13-16-19-22-25-27-29-31-32-33-34-35-37-39-42-45-48-51-54-57-64(68)73-62(55-52-49-46-43-40-24-21-18-15-12-9-3)61(60-72-74(69,70)71-59-58-66(4,5)6)65-63(67)56-53-50-47-44-41-38-36-30-28-26-23-20-17-14-11-8-2/h19,22,27,29-30,32-33,35-37,52,55,61-62H,7-18,20-21,23-26,28,31,34,38-51,53-54,56-60H2,1-6H3,(H-,65,67,69,70)/b22-19-,29-27-,33-32-,36-30+,37-35-,55-52+. The number of carbonyl (C=O) groups is 2. The second-order valence-corrected chi connectivity index (χ2v) is 23.3. The number of likely N-dealkylation sites (N-methyl/N-ethyl adjacent to an activating group) is 1. The molecule has 74 heavy (non-hydrogen) atoms. The highest BCUT2D eigenvalue weighted by Crippen LogP contribution is 2.38. The fourth-order valence-corrected chi connectivity index (χ4v) is 9.28. The second kappa shape index (κ2) is 53.8. The van der Waals surface area contributed by atoms with Crippen LogP contribution >= 0.6 is 7.82 Å². The van der Waals surface area contributed by atoms with Crippen LogP contribution in [0.2, 0.25) is 0 Å². The Morgan fingerprint density at radius 2 is 0.824 bits per heavy atom. The van der Waals surface area contributed by atoms with Gasteiger partial charge in [-0.05, 0) is 102 Å². The maximum Gasteiger partial charge on any atom is 0.306 e. The molecule has 10 heteroatoms. The number of phosphoric ester groups is 1. The lowest BCUT2D eigenvalue weighted by atomic mass is 10.1. The van der Waals surface area contributed by atoms with E-state index in [4.69, 9.17) is 13.8 Å². The summed E-state index contributed by atoms with van der Waals surface area (Å²) in [4.78, 5) is 39.9. The molecule has 0 fully saturated rings. The molecule has 3 unspecified atom stereocenters. The van der Waals surface area contributed by atoms with E-state index in [9.17, 15) is 19.0 Å². The van der Waals surface area contributed by atoms with Gasteiger partial charge in [0, 0.05) is 12.8 Å². The third-order valence-corrected chi connectivity index (χ3v) is 14.3. The third kappa shape index (κ3) is 54.2. The van der Waals surface area contributed by atoms with Crippen molar-refractivity contribution < 1.29 is 37.3 Å². The van der Waals surface area contributed by atoms with Crippen LogP contribution in [0.1, 0.15) is 271 Å². The van der Waals surface area contributed by atoms with Crippen LogP contribution in [-0.4, -0.2) is 69.4 Å². The van der Waals surface area contributed by atoms with Crippen molar-refractivity contribution in [2.24, 2.45) is 0 Å². The van der Waals surface area contributed by atoms with Crippen LogP contribution < -0.4 is 10.2 Å². The van der Waals surface area contributed by atoms with Gasteiger partial charge in [0.05, 0.1) is 33.8 Å². The van der Waals surface area contributed by atoms with Gasteiger partial charge in [0.1, 0.15) is 19.3 Å². The number of quaternary nitrogens is 1. The molecule has 0 spiro atoms. The van der Waals surface area contributed by atoms with Gasteiger partial charge in [-0.25, -0.2) is 0 Å². The van der Waals surface area contributed by atoms with E-state index >= 15 is 0 Å². The van der Waals surface area contributed by atoms with Crippen LogP contribution in [0.3, 0.4) is 0 Å². The average Bonchev–Trinajstić information content (AvgIpc) is 3.36. The zero-order valence-electron chi connectivity index (χ0n) is 49.0. The fourth-order valence-electron chi connectivity index (χ4n) is 8.56. The number of amides is 1. The number of nitrogens with zero attached hydrogens (tertiary/aromatic N) is 1. The molecule has 0 aliphatic heterocycles. The summed E-state index contributed by atoms with van der Waals surface area (Å²) in [5.41, 5.74) is 0. The molecule has 0 aliphatic rings. The summed E-state index contributed by atoms with van der Waals surface area (Å²) < 4.78 is 30.3. The Balaban J connectivity index is 5.28. The van der Waals surface area contributed by atoms with Crippen molar-refractivity contribution in [1.82, 2.24) is 5.32 Å². The molecule has 1 amide bonds. The number of rotatable bonds is 55. The van der Waals surface area contributed by atoms with E-state index in [0.717, 1.165) is 109 Å². The first kappa shape index (κ1) is 71.5. The number of ether oxygens (including phenoxy) is 1. The predicted octanol–water partition coefficient (Wildman–Crippen LogP) is 18.2. The Kier molecular flexibility index (Phi) is 52.0. The van der Waals surface area contributed by atoms with Gasteiger partial charge in [-0.15, -0.1) is 0 Å². The summed E-state index contributed by atoms with van der Waals surface area (Å²) in [6.07, 6.45) is 68.6. The zero-order valence-corrected chi connectivity index (χ0v) is 49.9. The highest BCUT2D eigenvalue weighted by Gasteiger charge is 2.27. The Morgan fingerprint density at radius 3 is 1.27 bits per heavy atom. The van der Waals surface area contributed by atoms with Gasteiger partial charge >= 0.3 is 5.97 Å². The van der Waals surface area contributed by atoms with Crippen LogP contribution in [0.25, 0.3) is 0 Å². The molecule has 0 heterocycles. The minimum absolute atomic E-state index is 0.0293. The summed E-state index contributed by atoms with van der Waals surface area (Å²) in [5, 5.41) is 3.02. The smallest absolute Gasteiger partial charge is 0.306 e. The van der Waals surface area contributed by atoms with Gasteiger partial charge in [-0.1, -0.05) is 229 Å². The molecule has 0 aromatic rings. The third-order valence-electron chi connectivity index (χ3n) is 13.4. The quantitative estimate of drug-likeness (QED) is 0.0212. The van der Waals surface area contributed by atoms with Crippen molar-refractivity contribution in [3.8, 4) is 0 Å². The number of hydrogen-bond donors (Lipinski definition) is 1. The van der Waals surface area contributed by atoms with Crippen molar-refractivity contribution in [2.75, 3.05) is 40.9 Å². The first-order valence-corrected chi connectivity index (χ1v) is 32.2. The van der Waals surface area contributed by atoms with Crippen molar-refractivity contribution in [3.05, 3.63) is 72.9 Å². The predicted molar refractivity (Wildman–Crippen MR) is 316 cm³/mol. The number of nitrogens with one attached hydrogen (secondary N) is 1. The largest absolute Gasteiger partial charge is 0.756 e. The SMILES string of the molecule is CCCCC/C=C\C/C=C\C/C=C\C/C=C\CCCCCCCC(=O)OC(/C=C/CCCCCCCCCCC)C(COP(=O)([O-])OCC[N+](C)(C)C)NC(=O)CCCCCCC/C=C/CCCCCCCCC. The number of carbonyl (C=O) groups excluding carboxylic acids is 2. The molecule has 0 saturated heterocycles. The Bertz CT molecular complexity index is 1500. The number of allylic oxidation sites excluding steroid dienone is 11. The topological polar surface area (TPSA) is 114 Å². The average molecular weight is 1060 g/mol. The van der Waals surface area contributed by atoms with Crippen molar-refractivity contribution in [3.63, 3.8) is 0 Å². The van der Waals surface area contributed by atoms with Crippen molar-refractivity contribution in [2.45, 2.75) is 283 Å². The molecular weight excluding hydrogens is 940 g/mol. The molecule has 3 atom stereocenters. The Morgan fingerprint density at radius 1 is 0.473 bits per heavy atom. The fraction of sp³-hybridized carbons (Fsp3) is 0.781. The van der Waals surface area contributed by atoms with E-state index in [1.807, 2.05) is 33.3 Å². The highest BCUT2D eigenvalue weighted by atomic mass is 31.2. The monoisotopic (exact) mass is 1060 g/mol. The molecule has 0 rings (SSSR count). The normalized spacial score (nSPS) is 14.2.